The lowest BCUT2D eigenvalue weighted by atomic mass is 10.0. The summed E-state index contributed by atoms with van der Waals surface area (Å²) in [5.74, 6) is -0.549. The Morgan fingerprint density at radius 3 is 0.667 bits per heavy atom. The molecule has 0 spiro atoms. The van der Waals surface area contributed by atoms with Crippen LogP contribution in [-0.2, 0) is 65.4 Å². The van der Waals surface area contributed by atoms with Crippen molar-refractivity contribution in [3.63, 3.8) is 0 Å². The van der Waals surface area contributed by atoms with E-state index < -0.39 is 97.5 Å². The molecule has 0 saturated heterocycles. The zero-order chi connectivity index (χ0) is 74.9. The van der Waals surface area contributed by atoms with Crippen LogP contribution in [0, 0.1) is 11.8 Å². The Morgan fingerprint density at radius 1 is 0.265 bits per heavy atom. The molecule has 2 unspecified atom stereocenters. The van der Waals surface area contributed by atoms with Gasteiger partial charge < -0.3 is 33.8 Å². The van der Waals surface area contributed by atoms with Crippen LogP contribution in [-0.4, -0.2) is 96.7 Å². The summed E-state index contributed by atoms with van der Waals surface area (Å²) < 4.78 is 68.8. The zero-order valence-electron chi connectivity index (χ0n) is 66.9. The molecule has 0 aliphatic heterocycles. The number of rotatable bonds is 82. The third-order valence-electron chi connectivity index (χ3n) is 19.5. The summed E-state index contributed by atoms with van der Waals surface area (Å²) in [7, 11) is -9.92. The van der Waals surface area contributed by atoms with Crippen molar-refractivity contribution in [1.29, 1.82) is 0 Å². The Bertz CT molecular complexity index is 1960. The van der Waals surface area contributed by atoms with Crippen molar-refractivity contribution in [3.05, 3.63) is 0 Å². The quantitative estimate of drug-likeness (QED) is 0.0222. The van der Waals surface area contributed by atoms with Gasteiger partial charge in [0.2, 0.25) is 0 Å². The first-order valence-corrected chi connectivity index (χ1v) is 46.0. The molecule has 0 bridgehead atoms. The zero-order valence-corrected chi connectivity index (χ0v) is 68.7. The highest BCUT2D eigenvalue weighted by molar-refractivity contribution is 7.47. The van der Waals surface area contributed by atoms with E-state index in [0.29, 0.717) is 25.7 Å². The number of phosphoric ester groups is 2. The second-order valence-electron chi connectivity index (χ2n) is 30.8. The SMILES string of the molecule is CCCCCCCCCCCCCCCCCCCC(=O)OC[C@H](COP(=O)(O)OC[C@@H](O)COP(=O)(O)OC[C@@H](COC(=O)CCCCCCCCCCCCCC)OC(=O)CCCCCCCCCCCC(C)C)OC(=O)CCCCCCCCCCCCCCCCCCCCC(C)C. The van der Waals surface area contributed by atoms with Crippen LogP contribution in [0.2, 0.25) is 0 Å². The Kier molecular flexibility index (Phi) is 73.1. The normalized spacial score (nSPS) is 13.9. The molecule has 0 aromatic heterocycles. The van der Waals surface area contributed by atoms with Crippen LogP contribution in [0.1, 0.15) is 440 Å². The second kappa shape index (κ2) is 74.5. The molecule has 5 atom stereocenters. The Morgan fingerprint density at radius 2 is 0.451 bits per heavy atom. The second-order valence-corrected chi connectivity index (χ2v) is 33.7. The van der Waals surface area contributed by atoms with Crippen LogP contribution < -0.4 is 0 Å². The highest BCUT2D eigenvalue weighted by Gasteiger charge is 2.30. The summed E-state index contributed by atoms with van der Waals surface area (Å²) in [5.41, 5.74) is 0. The molecule has 0 heterocycles. The molecule has 0 aromatic rings. The van der Waals surface area contributed by atoms with Crippen LogP contribution in [0.15, 0.2) is 0 Å². The van der Waals surface area contributed by atoms with Crippen molar-refractivity contribution in [1.82, 2.24) is 0 Å². The molecule has 0 rings (SSSR count). The highest BCUT2D eigenvalue weighted by atomic mass is 31.2. The van der Waals surface area contributed by atoms with Gasteiger partial charge in [-0.3, -0.25) is 37.3 Å². The van der Waals surface area contributed by atoms with E-state index in [-0.39, 0.29) is 25.7 Å². The Hall–Kier alpha value is -1.94. The first kappa shape index (κ1) is 100. The molecule has 0 aromatic carbocycles. The summed E-state index contributed by atoms with van der Waals surface area (Å²) in [6.07, 6.45) is 65.2. The van der Waals surface area contributed by atoms with E-state index in [9.17, 15) is 43.2 Å². The molecule has 606 valence electrons. The molecule has 19 heteroatoms. The Labute approximate surface area is 626 Å². The van der Waals surface area contributed by atoms with Gasteiger partial charge in [0.05, 0.1) is 26.4 Å². The number of carbonyl (C=O) groups is 4. The first-order valence-electron chi connectivity index (χ1n) is 43.0. The fraction of sp³-hybridized carbons (Fsp3) is 0.952. The van der Waals surface area contributed by atoms with Crippen molar-refractivity contribution in [2.45, 2.75) is 458 Å². The summed E-state index contributed by atoms with van der Waals surface area (Å²) in [4.78, 5) is 73.1. The topological polar surface area (TPSA) is 237 Å². The monoisotopic (exact) mass is 1490 g/mol. The average molecular weight is 1490 g/mol. The molecule has 0 radical (unpaired) electrons. The minimum atomic E-state index is -4.96. The fourth-order valence-electron chi connectivity index (χ4n) is 12.9. The van der Waals surface area contributed by atoms with Crippen molar-refractivity contribution in [3.8, 4) is 0 Å². The van der Waals surface area contributed by atoms with Crippen LogP contribution in [0.25, 0.3) is 0 Å². The average Bonchev–Trinajstić information content (AvgIpc) is 0.924. The molecular formula is C83H162O17P2. The van der Waals surface area contributed by atoms with Gasteiger partial charge >= 0.3 is 39.5 Å². The van der Waals surface area contributed by atoms with E-state index >= 15 is 0 Å². The first-order chi connectivity index (χ1) is 49.4. The van der Waals surface area contributed by atoms with Crippen LogP contribution in [0.3, 0.4) is 0 Å². The van der Waals surface area contributed by atoms with E-state index in [1.165, 1.54) is 257 Å². The van der Waals surface area contributed by atoms with E-state index in [1.54, 1.807) is 0 Å². The number of hydrogen-bond acceptors (Lipinski definition) is 15. The van der Waals surface area contributed by atoms with Gasteiger partial charge in [-0.2, -0.15) is 0 Å². The van der Waals surface area contributed by atoms with E-state index in [1.807, 2.05) is 0 Å². The van der Waals surface area contributed by atoms with Gasteiger partial charge in [-0.1, -0.05) is 388 Å². The maximum absolute atomic E-state index is 13.1. The minimum Gasteiger partial charge on any atom is -0.462 e. The largest absolute Gasteiger partial charge is 0.472 e. The van der Waals surface area contributed by atoms with Crippen LogP contribution in [0.5, 0.6) is 0 Å². The van der Waals surface area contributed by atoms with Crippen molar-refractivity contribution >= 4 is 39.5 Å². The fourth-order valence-corrected chi connectivity index (χ4v) is 14.5. The van der Waals surface area contributed by atoms with Crippen molar-refractivity contribution < 1.29 is 80.2 Å². The van der Waals surface area contributed by atoms with E-state index in [4.69, 9.17) is 37.0 Å². The number of unbranched alkanes of at least 4 members (excludes halogenated alkanes) is 52. The third kappa shape index (κ3) is 76.3. The lowest BCUT2D eigenvalue weighted by Gasteiger charge is -2.21. The number of hydrogen-bond donors (Lipinski definition) is 3. The molecule has 0 aliphatic rings. The van der Waals surface area contributed by atoms with Crippen molar-refractivity contribution in [2.24, 2.45) is 11.8 Å². The van der Waals surface area contributed by atoms with E-state index in [0.717, 1.165) is 102 Å². The molecule has 3 N–H and O–H groups in total. The van der Waals surface area contributed by atoms with Gasteiger partial charge in [0.15, 0.2) is 12.2 Å². The smallest absolute Gasteiger partial charge is 0.462 e. The number of aliphatic hydroxyl groups excluding tert-OH is 1. The van der Waals surface area contributed by atoms with Crippen LogP contribution in [0.4, 0.5) is 0 Å². The number of phosphoric acid groups is 2. The predicted molar refractivity (Wildman–Crippen MR) is 418 cm³/mol. The minimum absolute atomic E-state index is 0.106. The lowest BCUT2D eigenvalue weighted by molar-refractivity contribution is -0.161. The maximum Gasteiger partial charge on any atom is 0.472 e. The number of carbonyl (C=O) groups excluding carboxylic acids is 4. The predicted octanol–water partition coefficient (Wildman–Crippen LogP) is 25.1. The van der Waals surface area contributed by atoms with Gasteiger partial charge in [-0.15, -0.1) is 0 Å². The molecule has 0 aliphatic carbocycles. The van der Waals surface area contributed by atoms with Crippen molar-refractivity contribution in [2.75, 3.05) is 39.6 Å². The molecular weight excluding hydrogens is 1330 g/mol. The van der Waals surface area contributed by atoms with Crippen LogP contribution >= 0.6 is 15.6 Å². The molecule has 17 nitrogen and oxygen atoms in total. The molecule has 0 saturated carbocycles. The molecule has 0 fully saturated rings. The lowest BCUT2D eigenvalue weighted by Crippen LogP contribution is -2.30. The summed E-state index contributed by atoms with van der Waals surface area (Å²) >= 11 is 0. The number of esters is 4. The Balaban J connectivity index is 5.23. The summed E-state index contributed by atoms with van der Waals surface area (Å²) in [5, 5.41) is 10.7. The van der Waals surface area contributed by atoms with Gasteiger partial charge in [0.1, 0.15) is 19.3 Å². The summed E-state index contributed by atoms with van der Waals surface area (Å²) in [6.45, 7) is 9.66. The highest BCUT2D eigenvalue weighted by Crippen LogP contribution is 2.45. The maximum atomic E-state index is 13.1. The van der Waals surface area contributed by atoms with Gasteiger partial charge in [-0.05, 0) is 37.5 Å². The van der Waals surface area contributed by atoms with Gasteiger partial charge in [0.25, 0.3) is 0 Å². The molecule has 102 heavy (non-hydrogen) atoms. The summed E-state index contributed by atoms with van der Waals surface area (Å²) in [6, 6.07) is 0. The van der Waals surface area contributed by atoms with Gasteiger partial charge in [-0.25, -0.2) is 9.13 Å². The third-order valence-corrected chi connectivity index (χ3v) is 21.4. The molecule has 0 amide bonds. The number of ether oxygens (including phenoxy) is 4. The van der Waals surface area contributed by atoms with E-state index in [2.05, 4.69) is 41.5 Å². The number of aliphatic hydroxyl groups is 1. The van der Waals surface area contributed by atoms with Gasteiger partial charge in [0, 0.05) is 25.7 Å². The standard InChI is InChI=1S/C83H162O17P2/c1-7-9-11-13-15-17-19-21-22-25-29-32-36-42-48-54-60-66-81(86)94-71-78(99-82(87)67-61-55-49-43-37-33-30-27-24-23-26-28-31-34-39-45-51-57-63-75(3)4)73-97-101(89,90)95-69-77(84)70-96-102(91,92)98-74-79(100-83(88)68-62-56-50-44-38-40-46-52-58-64-76(5)6)72-93-80(85)65-59-53-47-41-35-20-18-16-14-12-10-8-2/h75-79,84H,7-74H2,1-6H3,(H,89,90)(H,91,92)/t77-,78-,79-/m1/s1.